The number of nitrogens with zero attached hydrogens (tertiary/aromatic N) is 3. The molecule has 3 rings (SSSR count). The van der Waals surface area contributed by atoms with Gasteiger partial charge in [0.1, 0.15) is 0 Å². The van der Waals surface area contributed by atoms with E-state index in [1.54, 1.807) is 25.1 Å². The van der Waals surface area contributed by atoms with E-state index < -0.39 is 5.97 Å². The highest BCUT2D eigenvalue weighted by molar-refractivity contribution is 6.35. The van der Waals surface area contributed by atoms with E-state index >= 15 is 0 Å². The van der Waals surface area contributed by atoms with Crippen LogP contribution in [0.1, 0.15) is 22.8 Å². The quantitative estimate of drug-likeness (QED) is 0.812. The molecule has 2 aromatic rings. The van der Waals surface area contributed by atoms with E-state index in [1.165, 1.54) is 17.1 Å². The van der Waals surface area contributed by atoms with E-state index in [0.717, 1.165) is 11.3 Å². The number of aromatic carboxylic acids is 1. The van der Waals surface area contributed by atoms with Crippen LogP contribution in [0.15, 0.2) is 53.1 Å². The molecule has 138 valence electrons. The van der Waals surface area contributed by atoms with Crippen molar-refractivity contribution in [2.24, 2.45) is 5.10 Å². The van der Waals surface area contributed by atoms with Crippen molar-refractivity contribution in [3.63, 3.8) is 0 Å². The average molecular weight is 384 g/mol. The van der Waals surface area contributed by atoms with Gasteiger partial charge in [-0.05, 0) is 55.0 Å². The second-order valence-corrected chi connectivity index (χ2v) is 6.72. The Morgan fingerprint density at radius 2 is 1.85 bits per heavy atom. The Morgan fingerprint density at radius 1 is 1.19 bits per heavy atom. The standard InChI is InChI=1S/C20H18ClN3O3/c1-12-17(10-14-6-9-16(23(2)3)11-18(14)21)19(25)24(22-12)15-7-4-13(5-8-15)20(26)27/h4-11H,1-3H3,(H,26,27)/b17-10+. The fraction of sp³-hybridized carbons (Fsp3) is 0.150. The Balaban J connectivity index is 1.91. The van der Waals surface area contributed by atoms with Gasteiger partial charge in [0.15, 0.2) is 0 Å². The van der Waals surface area contributed by atoms with Crippen molar-refractivity contribution in [2.45, 2.75) is 6.92 Å². The van der Waals surface area contributed by atoms with Gasteiger partial charge >= 0.3 is 5.97 Å². The Bertz CT molecular complexity index is 978. The lowest BCUT2D eigenvalue weighted by Crippen LogP contribution is -2.21. The average Bonchev–Trinajstić information content (AvgIpc) is 2.91. The topological polar surface area (TPSA) is 73.2 Å². The van der Waals surface area contributed by atoms with Crippen molar-refractivity contribution < 1.29 is 14.7 Å². The zero-order chi connectivity index (χ0) is 19.7. The van der Waals surface area contributed by atoms with Crippen LogP contribution in [0.2, 0.25) is 5.02 Å². The Hall–Kier alpha value is -3.12. The van der Waals surface area contributed by atoms with Crippen LogP contribution in [0.25, 0.3) is 6.08 Å². The molecule has 0 saturated heterocycles. The predicted octanol–water partition coefficient (Wildman–Crippen LogP) is 3.91. The van der Waals surface area contributed by atoms with Crippen molar-refractivity contribution in [3.05, 3.63) is 64.2 Å². The molecule has 1 N–H and O–H groups in total. The third-order valence-electron chi connectivity index (χ3n) is 4.22. The smallest absolute Gasteiger partial charge is 0.335 e. The zero-order valence-electron chi connectivity index (χ0n) is 15.1. The number of carbonyl (C=O) groups is 2. The first-order chi connectivity index (χ1) is 12.8. The van der Waals surface area contributed by atoms with Gasteiger partial charge in [-0.1, -0.05) is 17.7 Å². The molecule has 0 radical (unpaired) electrons. The van der Waals surface area contributed by atoms with E-state index in [-0.39, 0.29) is 11.5 Å². The summed E-state index contributed by atoms with van der Waals surface area (Å²) in [5.74, 6) is -1.31. The van der Waals surface area contributed by atoms with Gasteiger partial charge in [0, 0.05) is 24.8 Å². The second-order valence-electron chi connectivity index (χ2n) is 6.31. The Labute approximate surface area is 162 Å². The van der Waals surface area contributed by atoms with Crippen LogP contribution in [0.4, 0.5) is 11.4 Å². The summed E-state index contributed by atoms with van der Waals surface area (Å²) in [5, 5.41) is 15.1. The van der Waals surface area contributed by atoms with Crippen LogP contribution >= 0.6 is 11.6 Å². The first-order valence-corrected chi connectivity index (χ1v) is 8.57. The van der Waals surface area contributed by atoms with Gasteiger partial charge in [-0.25, -0.2) is 4.79 Å². The fourth-order valence-corrected chi connectivity index (χ4v) is 2.90. The highest BCUT2D eigenvalue weighted by Gasteiger charge is 2.29. The summed E-state index contributed by atoms with van der Waals surface area (Å²) in [5.41, 5.74) is 3.34. The molecule has 2 aromatic carbocycles. The molecule has 0 saturated carbocycles. The van der Waals surface area contributed by atoms with Gasteiger partial charge in [0.05, 0.1) is 22.5 Å². The minimum absolute atomic E-state index is 0.148. The van der Waals surface area contributed by atoms with Crippen LogP contribution < -0.4 is 9.91 Å². The Kier molecular flexibility index (Phi) is 5.01. The van der Waals surface area contributed by atoms with E-state index in [2.05, 4.69) is 5.10 Å². The number of rotatable bonds is 4. The molecule has 1 aliphatic heterocycles. The molecule has 1 heterocycles. The molecule has 1 amide bonds. The maximum Gasteiger partial charge on any atom is 0.335 e. The highest BCUT2D eigenvalue weighted by atomic mass is 35.5. The summed E-state index contributed by atoms with van der Waals surface area (Å²) in [6.07, 6.45) is 1.72. The summed E-state index contributed by atoms with van der Waals surface area (Å²) in [7, 11) is 3.85. The molecule has 6 nitrogen and oxygen atoms in total. The summed E-state index contributed by atoms with van der Waals surface area (Å²) in [6.45, 7) is 1.75. The zero-order valence-corrected chi connectivity index (χ0v) is 15.9. The molecule has 27 heavy (non-hydrogen) atoms. The van der Waals surface area contributed by atoms with Crippen molar-refractivity contribution >= 4 is 46.6 Å². The normalized spacial score (nSPS) is 15.3. The molecular formula is C20H18ClN3O3. The molecule has 7 heteroatoms. The van der Waals surface area contributed by atoms with E-state index in [9.17, 15) is 9.59 Å². The highest BCUT2D eigenvalue weighted by Crippen LogP contribution is 2.28. The number of anilines is 2. The lowest BCUT2D eigenvalue weighted by Gasteiger charge is -2.14. The maximum absolute atomic E-state index is 12.8. The predicted molar refractivity (Wildman–Crippen MR) is 108 cm³/mol. The van der Waals surface area contributed by atoms with Gasteiger partial charge in [0.2, 0.25) is 0 Å². The summed E-state index contributed by atoms with van der Waals surface area (Å²) >= 11 is 6.36. The van der Waals surface area contributed by atoms with Crippen LogP contribution in [-0.2, 0) is 4.79 Å². The molecule has 1 aliphatic rings. The lowest BCUT2D eigenvalue weighted by molar-refractivity contribution is -0.114. The summed E-state index contributed by atoms with van der Waals surface area (Å²) < 4.78 is 0. The molecular weight excluding hydrogens is 366 g/mol. The van der Waals surface area contributed by atoms with Gasteiger partial charge in [-0.15, -0.1) is 0 Å². The van der Waals surface area contributed by atoms with Crippen LogP contribution in [0, 0.1) is 0 Å². The number of carbonyl (C=O) groups excluding carboxylic acids is 1. The minimum Gasteiger partial charge on any atom is -0.478 e. The molecule has 0 spiro atoms. The third kappa shape index (κ3) is 3.71. The van der Waals surface area contributed by atoms with Gasteiger partial charge in [-0.2, -0.15) is 10.1 Å². The first-order valence-electron chi connectivity index (χ1n) is 8.20. The van der Waals surface area contributed by atoms with Crippen LogP contribution in [0.5, 0.6) is 0 Å². The maximum atomic E-state index is 12.8. The van der Waals surface area contributed by atoms with Gasteiger partial charge in [-0.3, -0.25) is 4.79 Å². The SMILES string of the molecule is CC1=NN(c2ccc(C(=O)O)cc2)C(=O)/C1=C/c1ccc(N(C)C)cc1Cl. The van der Waals surface area contributed by atoms with Crippen molar-refractivity contribution in [1.29, 1.82) is 0 Å². The molecule has 0 bridgehead atoms. The van der Waals surface area contributed by atoms with E-state index in [0.29, 0.717) is 22.0 Å². The number of carboxylic acid groups (broad SMARTS) is 1. The molecule has 0 aliphatic carbocycles. The van der Waals surface area contributed by atoms with Crippen molar-refractivity contribution in [2.75, 3.05) is 24.0 Å². The summed E-state index contributed by atoms with van der Waals surface area (Å²) in [4.78, 5) is 25.7. The number of halogens is 1. The van der Waals surface area contributed by atoms with Crippen LogP contribution in [0.3, 0.4) is 0 Å². The fourth-order valence-electron chi connectivity index (χ4n) is 2.67. The molecule has 0 aromatic heterocycles. The molecule has 0 fully saturated rings. The summed E-state index contributed by atoms with van der Waals surface area (Å²) in [6, 6.07) is 11.6. The van der Waals surface area contributed by atoms with Crippen molar-refractivity contribution in [1.82, 2.24) is 0 Å². The number of hydrazone groups is 1. The number of hydrogen-bond donors (Lipinski definition) is 1. The number of hydrogen-bond acceptors (Lipinski definition) is 4. The molecule has 0 unspecified atom stereocenters. The number of amides is 1. The van der Waals surface area contributed by atoms with Gasteiger partial charge in [0.25, 0.3) is 5.91 Å². The largest absolute Gasteiger partial charge is 0.478 e. The van der Waals surface area contributed by atoms with E-state index in [4.69, 9.17) is 16.7 Å². The van der Waals surface area contributed by atoms with E-state index in [1.807, 2.05) is 37.2 Å². The lowest BCUT2D eigenvalue weighted by atomic mass is 10.1. The van der Waals surface area contributed by atoms with Gasteiger partial charge < -0.3 is 10.0 Å². The van der Waals surface area contributed by atoms with Crippen molar-refractivity contribution in [3.8, 4) is 0 Å². The second kappa shape index (κ2) is 7.25. The monoisotopic (exact) mass is 383 g/mol. The number of benzene rings is 2. The Morgan fingerprint density at radius 3 is 2.41 bits per heavy atom. The van der Waals surface area contributed by atoms with Crippen LogP contribution in [-0.4, -0.2) is 36.8 Å². The number of carboxylic acids is 1. The first kappa shape index (κ1) is 18.7. The third-order valence-corrected chi connectivity index (χ3v) is 4.55. The molecule has 0 atom stereocenters. The minimum atomic E-state index is -1.02.